The summed E-state index contributed by atoms with van der Waals surface area (Å²) in [5, 5.41) is 0. The van der Waals surface area contributed by atoms with E-state index in [0.29, 0.717) is 0 Å². The highest BCUT2D eigenvalue weighted by Crippen LogP contribution is 2.23. The van der Waals surface area contributed by atoms with E-state index in [1.54, 1.807) is 6.21 Å². The highest BCUT2D eigenvalue weighted by atomic mass is 16.1. The normalized spacial score (nSPS) is 13.5. The number of benzene rings is 1. The first kappa shape index (κ1) is 7.92. The minimum Gasteiger partial charge on any atom is -0.298 e. The average Bonchev–Trinajstić information content (AvgIpc) is 2.41. The molecule has 0 fully saturated rings. The van der Waals surface area contributed by atoms with E-state index in [2.05, 4.69) is 4.99 Å². The third kappa shape index (κ3) is 1.43. The zero-order valence-corrected chi connectivity index (χ0v) is 7.10. The molecule has 0 bridgehead atoms. The van der Waals surface area contributed by atoms with Crippen molar-refractivity contribution in [3.05, 3.63) is 41.5 Å². The minimum atomic E-state index is 0.737. The fourth-order valence-corrected chi connectivity index (χ4v) is 1.42. The van der Waals surface area contributed by atoms with E-state index in [9.17, 15) is 4.79 Å². The van der Waals surface area contributed by atoms with Gasteiger partial charge in [0.25, 0.3) is 0 Å². The number of carbonyl (C=O) groups excluding carboxylic acids is 1. The van der Waals surface area contributed by atoms with Crippen LogP contribution in [-0.4, -0.2) is 12.5 Å². The second kappa shape index (κ2) is 3.35. The summed E-state index contributed by atoms with van der Waals surface area (Å²) in [6.45, 7) is 0. The molecule has 2 heteroatoms. The van der Waals surface area contributed by atoms with Crippen LogP contribution in [0, 0.1) is 0 Å². The summed E-state index contributed by atoms with van der Waals surface area (Å²) in [5.41, 5.74) is 2.65. The quantitative estimate of drug-likeness (QED) is 0.596. The topological polar surface area (TPSA) is 29.4 Å². The van der Waals surface area contributed by atoms with Gasteiger partial charge < -0.3 is 0 Å². The van der Waals surface area contributed by atoms with Gasteiger partial charge in [0.1, 0.15) is 6.29 Å². The van der Waals surface area contributed by atoms with Crippen molar-refractivity contribution >= 4 is 18.2 Å². The summed E-state index contributed by atoms with van der Waals surface area (Å²) in [4.78, 5) is 14.9. The standard InChI is InChI=1S/C11H9NO/c13-8-9-4-3-6-11-10(9)5-1-2-7-12-11/h1-4,6-8H,5H2. The molecule has 1 aromatic carbocycles. The van der Waals surface area contributed by atoms with Gasteiger partial charge in [0.05, 0.1) is 5.69 Å². The third-order valence-corrected chi connectivity index (χ3v) is 2.07. The molecule has 0 N–H and O–H groups in total. The van der Waals surface area contributed by atoms with E-state index in [1.807, 2.05) is 30.4 Å². The van der Waals surface area contributed by atoms with Crippen LogP contribution in [0.5, 0.6) is 0 Å². The molecule has 0 spiro atoms. The second-order valence-electron chi connectivity index (χ2n) is 2.87. The lowest BCUT2D eigenvalue weighted by Crippen LogP contribution is -1.90. The molecule has 0 radical (unpaired) electrons. The smallest absolute Gasteiger partial charge is 0.150 e. The number of hydrogen-bond acceptors (Lipinski definition) is 2. The Bertz CT molecular complexity index is 391. The largest absolute Gasteiger partial charge is 0.298 e. The Balaban J connectivity index is 2.61. The summed E-state index contributed by atoms with van der Waals surface area (Å²) < 4.78 is 0. The average molecular weight is 171 g/mol. The summed E-state index contributed by atoms with van der Waals surface area (Å²) in [6, 6.07) is 5.59. The third-order valence-electron chi connectivity index (χ3n) is 2.07. The summed E-state index contributed by atoms with van der Waals surface area (Å²) in [7, 11) is 0. The van der Waals surface area contributed by atoms with E-state index in [0.717, 1.165) is 29.5 Å². The van der Waals surface area contributed by atoms with Crippen LogP contribution < -0.4 is 0 Å². The maximum Gasteiger partial charge on any atom is 0.150 e. The van der Waals surface area contributed by atoms with E-state index in [4.69, 9.17) is 0 Å². The van der Waals surface area contributed by atoms with Crippen molar-refractivity contribution in [2.45, 2.75) is 6.42 Å². The van der Waals surface area contributed by atoms with Crippen LogP contribution in [0.1, 0.15) is 15.9 Å². The number of fused-ring (bicyclic) bond motifs is 1. The van der Waals surface area contributed by atoms with E-state index >= 15 is 0 Å². The number of aldehydes is 1. The Morgan fingerprint density at radius 2 is 2.31 bits per heavy atom. The highest BCUT2D eigenvalue weighted by Gasteiger charge is 2.05. The number of rotatable bonds is 1. The maximum atomic E-state index is 10.7. The van der Waals surface area contributed by atoms with Gasteiger partial charge in [0.2, 0.25) is 0 Å². The van der Waals surface area contributed by atoms with E-state index in [1.165, 1.54) is 0 Å². The molecule has 13 heavy (non-hydrogen) atoms. The minimum absolute atomic E-state index is 0.737. The Labute approximate surface area is 76.6 Å². The van der Waals surface area contributed by atoms with Gasteiger partial charge in [-0.3, -0.25) is 9.79 Å². The zero-order chi connectivity index (χ0) is 9.10. The summed E-state index contributed by atoms with van der Waals surface area (Å²) >= 11 is 0. The molecule has 1 heterocycles. The first-order valence-corrected chi connectivity index (χ1v) is 4.18. The molecular formula is C11H9NO. The van der Waals surface area contributed by atoms with Crippen LogP contribution >= 0.6 is 0 Å². The van der Waals surface area contributed by atoms with Crippen LogP contribution in [-0.2, 0) is 6.42 Å². The van der Waals surface area contributed by atoms with Crippen molar-refractivity contribution in [1.82, 2.24) is 0 Å². The van der Waals surface area contributed by atoms with Crippen LogP contribution in [0.15, 0.2) is 35.3 Å². The predicted octanol–water partition coefficient (Wildman–Crippen LogP) is 2.31. The SMILES string of the molecule is O=Cc1cccc2c1CC=CC=N2. The second-order valence-corrected chi connectivity index (χ2v) is 2.87. The van der Waals surface area contributed by atoms with Gasteiger partial charge in [-0.1, -0.05) is 18.2 Å². The molecular weight excluding hydrogens is 162 g/mol. The molecule has 0 aliphatic carbocycles. The van der Waals surface area contributed by atoms with Crippen molar-refractivity contribution in [3.63, 3.8) is 0 Å². The van der Waals surface area contributed by atoms with Gasteiger partial charge in [-0.05, 0) is 24.1 Å². The van der Waals surface area contributed by atoms with E-state index in [-0.39, 0.29) is 0 Å². The van der Waals surface area contributed by atoms with Gasteiger partial charge >= 0.3 is 0 Å². The Kier molecular flexibility index (Phi) is 2.04. The van der Waals surface area contributed by atoms with Crippen molar-refractivity contribution in [1.29, 1.82) is 0 Å². The predicted molar refractivity (Wildman–Crippen MR) is 52.8 cm³/mol. The molecule has 1 aliphatic heterocycles. The Hall–Kier alpha value is -1.70. The molecule has 1 aliphatic rings. The van der Waals surface area contributed by atoms with Gasteiger partial charge in [-0.2, -0.15) is 0 Å². The highest BCUT2D eigenvalue weighted by molar-refractivity contribution is 5.83. The van der Waals surface area contributed by atoms with Gasteiger partial charge in [0, 0.05) is 11.8 Å². The van der Waals surface area contributed by atoms with Crippen LogP contribution in [0.4, 0.5) is 5.69 Å². The van der Waals surface area contributed by atoms with Crippen molar-refractivity contribution in [2.75, 3.05) is 0 Å². The Morgan fingerprint density at radius 3 is 3.15 bits per heavy atom. The van der Waals surface area contributed by atoms with E-state index < -0.39 is 0 Å². The fourth-order valence-electron chi connectivity index (χ4n) is 1.42. The van der Waals surface area contributed by atoms with Gasteiger partial charge in [-0.25, -0.2) is 0 Å². The van der Waals surface area contributed by atoms with Crippen molar-refractivity contribution in [2.24, 2.45) is 4.99 Å². The number of allylic oxidation sites excluding steroid dienone is 2. The molecule has 0 saturated heterocycles. The summed E-state index contributed by atoms with van der Waals surface area (Å²) in [5.74, 6) is 0. The Morgan fingerprint density at radius 1 is 1.38 bits per heavy atom. The van der Waals surface area contributed by atoms with Gasteiger partial charge in [-0.15, -0.1) is 0 Å². The summed E-state index contributed by atoms with van der Waals surface area (Å²) in [6.07, 6.45) is 7.31. The molecule has 0 amide bonds. The van der Waals surface area contributed by atoms with Crippen LogP contribution in [0.3, 0.4) is 0 Å². The van der Waals surface area contributed by atoms with Crippen LogP contribution in [0.25, 0.3) is 0 Å². The van der Waals surface area contributed by atoms with Crippen molar-refractivity contribution in [3.8, 4) is 0 Å². The number of nitrogens with zero attached hydrogens (tertiary/aromatic N) is 1. The number of carbonyl (C=O) groups is 1. The lowest BCUT2D eigenvalue weighted by molar-refractivity contribution is 0.112. The van der Waals surface area contributed by atoms with Crippen molar-refractivity contribution < 1.29 is 4.79 Å². The molecule has 0 atom stereocenters. The fraction of sp³-hybridized carbons (Fsp3) is 0.0909. The number of aliphatic imine (C=N–C) groups is 1. The lowest BCUT2D eigenvalue weighted by atomic mass is 10.0. The molecule has 2 nitrogen and oxygen atoms in total. The molecule has 0 aromatic heterocycles. The van der Waals surface area contributed by atoms with Crippen LogP contribution in [0.2, 0.25) is 0 Å². The number of hydrogen-bond donors (Lipinski definition) is 0. The molecule has 64 valence electrons. The zero-order valence-electron chi connectivity index (χ0n) is 7.10. The molecule has 0 unspecified atom stereocenters. The van der Waals surface area contributed by atoms with Gasteiger partial charge in [0.15, 0.2) is 0 Å². The monoisotopic (exact) mass is 171 g/mol. The first-order valence-electron chi connectivity index (χ1n) is 4.18. The molecule has 1 aromatic rings. The lowest BCUT2D eigenvalue weighted by Gasteiger charge is -2.03. The first-order chi connectivity index (χ1) is 6.42. The molecule has 2 rings (SSSR count). The molecule has 0 saturated carbocycles. The maximum absolute atomic E-state index is 10.7.